The van der Waals surface area contributed by atoms with Crippen LogP contribution in [0, 0.1) is 20.2 Å². The van der Waals surface area contributed by atoms with Gasteiger partial charge in [0.05, 0.1) is 0 Å². The van der Waals surface area contributed by atoms with Crippen LogP contribution >= 0.6 is 21.6 Å². The Bertz CT molecular complexity index is 302. The van der Waals surface area contributed by atoms with Gasteiger partial charge in [0.2, 0.25) is 0 Å². The molecule has 4 atom stereocenters. The Morgan fingerprint density at radius 2 is 1.42 bits per heavy atom. The van der Waals surface area contributed by atoms with E-state index in [4.69, 9.17) is 0 Å². The molecule has 0 amide bonds. The smallest absolute Gasteiger partial charge is 0.294 e. The standard InChI is InChI=1S/C9H16N2O6S2/c1-3-6(16-10(12)13)8-5-9(19-18-8)7(4-2)17-11(14)15/h6-9H,3-5H2,1-2H3. The van der Waals surface area contributed by atoms with E-state index in [2.05, 4.69) is 9.68 Å². The Hall–Kier alpha value is -0.900. The zero-order valence-electron chi connectivity index (χ0n) is 10.6. The molecule has 10 heteroatoms. The minimum atomic E-state index is -0.780. The van der Waals surface area contributed by atoms with Gasteiger partial charge in [-0.3, -0.25) is 0 Å². The van der Waals surface area contributed by atoms with Crippen LogP contribution < -0.4 is 0 Å². The van der Waals surface area contributed by atoms with Gasteiger partial charge < -0.3 is 9.68 Å². The highest BCUT2D eigenvalue weighted by atomic mass is 33.1. The summed E-state index contributed by atoms with van der Waals surface area (Å²) in [4.78, 5) is 30.1. The summed E-state index contributed by atoms with van der Waals surface area (Å²) in [5.41, 5.74) is 0. The lowest BCUT2D eigenvalue weighted by Crippen LogP contribution is -2.31. The van der Waals surface area contributed by atoms with Gasteiger partial charge in [0.1, 0.15) is 12.2 Å². The summed E-state index contributed by atoms with van der Waals surface area (Å²) in [6.07, 6.45) is 0.697. The molecule has 19 heavy (non-hydrogen) atoms. The molecule has 0 saturated carbocycles. The lowest BCUT2D eigenvalue weighted by molar-refractivity contribution is -0.769. The average Bonchev–Trinajstić information content (AvgIpc) is 2.81. The fraction of sp³-hybridized carbons (Fsp3) is 1.00. The Morgan fingerprint density at radius 3 is 1.68 bits per heavy atom. The molecule has 0 spiro atoms. The van der Waals surface area contributed by atoms with Crippen molar-refractivity contribution in [3.63, 3.8) is 0 Å². The molecule has 0 aromatic heterocycles. The molecule has 1 heterocycles. The lowest BCUT2D eigenvalue weighted by atomic mass is 10.0. The highest BCUT2D eigenvalue weighted by Gasteiger charge is 2.38. The molecule has 1 saturated heterocycles. The first-order chi connectivity index (χ1) is 8.97. The van der Waals surface area contributed by atoms with Crippen LogP contribution in [0.5, 0.6) is 0 Å². The summed E-state index contributed by atoms with van der Waals surface area (Å²) < 4.78 is 0. The second-order valence-electron chi connectivity index (χ2n) is 4.06. The van der Waals surface area contributed by atoms with Crippen molar-refractivity contribution in [2.24, 2.45) is 0 Å². The van der Waals surface area contributed by atoms with E-state index in [0.717, 1.165) is 0 Å². The average molecular weight is 312 g/mol. The summed E-state index contributed by atoms with van der Waals surface area (Å²) in [5.74, 6) is 0. The highest BCUT2D eigenvalue weighted by molar-refractivity contribution is 8.77. The van der Waals surface area contributed by atoms with Gasteiger partial charge in [-0.1, -0.05) is 35.4 Å². The van der Waals surface area contributed by atoms with Crippen LogP contribution in [-0.4, -0.2) is 32.9 Å². The van der Waals surface area contributed by atoms with Gasteiger partial charge in [-0.05, 0) is 19.3 Å². The third kappa shape index (κ3) is 4.94. The van der Waals surface area contributed by atoms with Crippen molar-refractivity contribution in [3.05, 3.63) is 20.2 Å². The maximum atomic E-state index is 10.4. The minimum absolute atomic E-state index is 0.0465. The van der Waals surface area contributed by atoms with E-state index in [1.807, 2.05) is 13.8 Å². The number of hydrogen-bond donors (Lipinski definition) is 0. The predicted molar refractivity (Wildman–Crippen MR) is 71.7 cm³/mol. The fourth-order valence-corrected chi connectivity index (χ4v) is 5.69. The van der Waals surface area contributed by atoms with Crippen molar-refractivity contribution in [1.82, 2.24) is 0 Å². The van der Waals surface area contributed by atoms with Crippen molar-refractivity contribution in [2.45, 2.75) is 55.8 Å². The summed E-state index contributed by atoms with van der Waals surface area (Å²) in [7, 11) is 2.96. The van der Waals surface area contributed by atoms with E-state index >= 15 is 0 Å². The van der Waals surface area contributed by atoms with E-state index < -0.39 is 22.4 Å². The summed E-state index contributed by atoms with van der Waals surface area (Å²) >= 11 is 0. The highest BCUT2D eigenvalue weighted by Crippen LogP contribution is 2.48. The third-order valence-corrected chi connectivity index (χ3v) is 6.26. The number of hydrogen-bond acceptors (Lipinski definition) is 8. The van der Waals surface area contributed by atoms with Gasteiger partial charge in [0.25, 0.3) is 10.2 Å². The molecule has 1 aliphatic heterocycles. The second kappa shape index (κ2) is 7.63. The molecule has 0 aromatic rings. The van der Waals surface area contributed by atoms with Crippen LogP contribution in [0.4, 0.5) is 0 Å². The molecule has 0 radical (unpaired) electrons. The third-order valence-electron chi connectivity index (χ3n) is 2.84. The van der Waals surface area contributed by atoms with Gasteiger partial charge in [-0.15, -0.1) is 20.2 Å². The number of rotatable bonds is 8. The maximum Gasteiger partial charge on any atom is 0.294 e. The van der Waals surface area contributed by atoms with Crippen molar-refractivity contribution in [1.29, 1.82) is 0 Å². The number of nitrogens with zero attached hydrogens (tertiary/aromatic N) is 2. The van der Waals surface area contributed by atoms with Crippen LogP contribution in [0.25, 0.3) is 0 Å². The van der Waals surface area contributed by atoms with Crippen LogP contribution in [-0.2, 0) is 9.68 Å². The van der Waals surface area contributed by atoms with Crippen LogP contribution in [0.1, 0.15) is 33.1 Å². The molecule has 0 aromatic carbocycles. The molecule has 0 aliphatic carbocycles. The first-order valence-electron chi connectivity index (χ1n) is 5.92. The zero-order valence-corrected chi connectivity index (χ0v) is 12.2. The molecule has 0 bridgehead atoms. The van der Waals surface area contributed by atoms with Gasteiger partial charge in [0, 0.05) is 10.5 Å². The van der Waals surface area contributed by atoms with Crippen molar-refractivity contribution >= 4 is 21.6 Å². The lowest BCUT2D eigenvalue weighted by Gasteiger charge is -2.20. The molecule has 110 valence electrons. The van der Waals surface area contributed by atoms with E-state index in [-0.39, 0.29) is 10.5 Å². The van der Waals surface area contributed by atoms with Gasteiger partial charge in [-0.2, -0.15) is 0 Å². The van der Waals surface area contributed by atoms with Crippen LogP contribution in [0.15, 0.2) is 0 Å². The SMILES string of the molecule is CCC(O[N+](=O)[O-])C1CC(C(CC)O[N+](=O)[O-])SS1. The quantitative estimate of drug-likeness (QED) is 0.382. The fourth-order valence-electron chi connectivity index (χ4n) is 1.91. The van der Waals surface area contributed by atoms with Crippen molar-refractivity contribution in [3.8, 4) is 0 Å². The van der Waals surface area contributed by atoms with E-state index in [1.54, 1.807) is 0 Å². The second-order valence-corrected chi connectivity index (χ2v) is 6.81. The Kier molecular flexibility index (Phi) is 6.49. The van der Waals surface area contributed by atoms with Gasteiger partial charge >= 0.3 is 0 Å². The van der Waals surface area contributed by atoms with Crippen LogP contribution in [0.3, 0.4) is 0 Å². The van der Waals surface area contributed by atoms with Crippen molar-refractivity contribution < 1.29 is 19.8 Å². The minimum Gasteiger partial charge on any atom is -0.309 e. The molecule has 0 N–H and O–H groups in total. The predicted octanol–water partition coefficient (Wildman–Crippen LogP) is 2.48. The van der Waals surface area contributed by atoms with E-state index in [0.29, 0.717) is 19.3 Å². The molecule has 1 fully saturated rings. The zero-order chi connectivity index (χ0) is 14.4. The first kappa shape index (κ1) is 16.2. The summed E-state index contributed by atoms with van der Waals surface area (Å²) in [5, 5.41) is 19.1. The molecule has 1 rings (SSSR count). The van der Waals surface area contributed by atoms with E-state index in [1.165, 1.54) is 21.6 Å². The molecule has 4 unspecified atom stereocenters. The molecular weight excluding hydrogens is 296 g/mol. The topological polar surface area (TPSA) is 105 Å². The van der Waals surface area contributed by atoms with Gasteiger partial charge in [0.15, 0.2) is 0 Å². The molecule has 8 nitrogen and oxygen atoms in total. The van der Waals surface area contributed by atoms with Crippen LogP contribution in [0.2, 0.25) is 0 Å². The first-order valence-corrected chi connectivity index (χ1v) is 8.19. The monoisotopic (exact) mass is 312 g/mol. The Balaban J connectivity index is 2.55. The molecule has 1 aliphatic rings. The maximum absolute atomic E-state index is 10.4. The summed E-state index contributed by atoms with van der Waals surface area (Å²) in [6, 6.07) is 0. The normalized spacial score (nSPS) is 25.6. The Labute approximate surface area is 118 Å². The largest absolute Gasteiger partial charge is 0.309 e. The van der Waals surface area contributed by atoms with Gasteiger partial charge in [-0.25, -0.2) is 0 Å². The van der Waals surface area contributed by atoms with Crippen molar-refractivity contribution in [2.75, 3.05) is 0 Å². The summed E-state index contributed by atoms with van der Waals surface area (Å²) in [6.45, 7) is 3.63. The van der Waals surface area contributed by atoms with E-state index in [9.17, 15) is 20.2 Å². The molecular formula is C9H16N2O6S2. The Morgan fingerprint density at radius 1 is 1.05 bits per heavy atom.